The number of hydrogen-bond donors (Lipinski definition) is 0. The van der Waals surface area contributed by atoms with Gasteiger partial charge in [0.2, 0.25) is 0 Å². The Morgan fingerprint density at radius 2 is 2.14 bits per heavy atom. The summed E-state index contributed by atoms with van der Waals surface area (Å²) in [5, 5.41) is 0. The maximum Gasteiger partial charge on any atom is -0.00598 e. The van der Waals surface area contributed by atoms with Gasteiger partial charge in [-0.2, -0.15) is 0 Å². The third-order valence-corrected chi connectivity index (χ3v) is 1.13. The van der Waals surface area contributed by atoms with Crippen molar-refractivity contribution in [3.8, 4) is 0 Å². The molecule has 0 amide bonds. The summed E-state index contributed by atoms with van der Waals surface area (Å²) in [6.07, 6.45) is 1.89. The Bertz CT molecular complexity index is 80.0. The standard InChI is InChI=1S/C7H12/c1-5-7(4)6(2)3/h5,7H,1-2H2,3-4H3/t7-/m0/s1. The fourth-order valence-corrected chi connectivity index (χ4v) is 0.201. The lowest BCUT2D eigenvalue weighted by Crippen LogP contribution is -1.86. The molecular weight excluding hydrogens is 84.1 g/mol. The van der Waals surface area contributed by atoms with Crippen LogP contribution in [0.4, 0.5) is 0 Å². The molecule has 0 aromatic carbocycles. The molecule has 0 saturated heterocycles. The van der Waals surface area contributed by atoms with Gasteiger partial charge in [0.15, 0.2) is 0 Å². The molecule has 0 aliphatic carbocycles. The molecule has 7 heavy (non-hydrogen) atoms. The molecule has 0 radical (unpaired) electrons. The average Bonchev–Trinajstić information content (AvgIpc) is 1.65. The van der Waals surface area contributed by atoms with Crippen molar-refractivity contribution in [1.82, 2.24) is 0 Å². The summed E-state index contributed by atoms with van der Waals surface area (Å²) in [5.41, 5.74) is 1.18. The summed E-state index contributed by atoms with van der Waals surface area (Å²) in [6.45, 7) is 11.5. The smallest absolute Gasteiger partial charge is 0.00598 e. The third kappa shape index (κ3) is 2.21. The van der Waals surface area contributed by atoms with Gasteiger partial charge in [0.1, 0.15) is 0 Å². The molecule has 0 bridgehead atoms. The molecule has 0 heterocycles. The van der Waals surface area contributed by atoms with Gasteiger partial charge in [-0.15, -0.1) is 6.58 Å². The Labute approximate surface area is 45.5 Å². The molecule has 0 aromatic rings. The van der Waals surface area contributed by atoms with Gasteiger partial charge in [0, 0.05) is 0 Å². The molecule has 1 atom stereocenters. The molecule has 0 spiro atoms. The maximum atomic E-state index is 3.75. The Morgan fingerprint density at radius 1 is 1.71 bits per heavy atom. The summed E-state index contributed by atoms with van der Waals surface area (Å²) in [5.74, 6) is 0.472. The van der Waals surface area contributed by atoms with E-state index in [1.165, 1.54) is 5.57 Å². The van der Waals surface area contributed by atoms with Crippen LogP contribution < -0.4 is 0 Å². The van der Waals surface area contributed by atoms with Gasteiger partial charge in [0.05, 0.1) is 0 Å². The van der Waals surface area contributed by atoms with Gasteiger partial charge < -0.3 is 0 Å². The Kier molecular flexibility index (Phi) is 2.42. The summed E-state index contributed by atoms with van der Waals surface area (Å²) in [7, 11) is 0. The van der Waals surface area contributed by atoms with E-state index >= 15 is 0 Å². The van der Waals surface area contributed by atoms with Gasteiger partial charge in [0.25, 0.3) is 0 Å². The van der Waals surface area contributed by atoms with Crippen LogP contribution in [0.15, 0.2) is 24.8 Å². The number of allylic oxidation sites excluding steroid dienone is 2. The van der Waals surface area contributed by atoms with E-state index in [4.69, 9.17) is 0 Å². The minimum Gasteiger partial charge on any atom is -0.102 e. The van der Waals surface area contributed by atoms with Gasteiger partial charge in [-0.3, -0.25) is 0 Å². The highest BCUT2D eigenvalue weighted by molar-refractivity contribution is 5.01. The first-order chi connectivity index (χ1) is 3.18. The molecule has 0 aliphatic heterocycles. The van der Waals surface area contributed by atoms with Crippen LogP contribution in [0, 0.1) is 5.92 Å². The van der Waals surface area contributed by atoms with Crippen LogP contribution in [0.2, 0.25) is 0 Å². The molecule has 0 heteroatoms. The first-order valence-electron chi connectivity index (χ1n) is 2.46. The van der Waals surface area contributed by atoms with Crippen molar-refractivity contribution in [1.29, 1.82) is 0 Å². The highest BCUT2D eigenvalue weighted by atomic mass is 14.0. The Hall–Kier alpha value is -0.520. The lowest BCUT2D eigenvalue weighted by Gasteiger charge is -2.00. The van der Waals surface area contributed by atoms with E-state index in [2.05, 4.69) is 20.1 Å². The predicted molar refractivity (Wildman–Crippen MR) is 34.2 cm³/mol. The fourth-order valence-electron chi connectivity index (χ4n) is 0.201. The quantitative estimate of drug-likeness (QED) is 0.463. The lowest BCUT2D eigenvalue weighted by molar-refractivity contribution is 0.871. The summed E-state index contributed by atoms with van der Waals surface area (Å²) >= 11 is 0. The third-order valence-electron chi connectivity index (χ3n) is 1.13. The molecular formula is C7H12. The van der Waals surface area contributed by atoms with E-state index < -0.39 is 0 Å². The van der Waals surface area contributed by atoms with E-state index in [9.17, 15) is 0 Å². The van der Waals surface area contributed by atoms with E-state index in [0.717, 1.165) is 0 Å². The van der Waals surface area contributed by atoms with E-state index in [1.54, 1.807) is 0 Å². The molecule has 0 aromatic heterocycles. The minimum atomic E-state index is 0.472. The summed E-state index contributed by atoms with van der Waals surface area (Å²) in [4.78, 5) is 0. The van der Waals surface area contributed by atoms with Crippen molar-refractivity contribution in [2.24, 2.45) is 5.92 Å². The van der Waals surface area contributed by atoms with Crippen molar-refractivity contribution < 1.29 is 0 Å². The molecule has 40 valence electrons. The van der Waals surface area contributed by atoms with Crippen LogP contribution >= 0.6 is 0 Å². The number of rotatable bonds is 2. The molecule has 0 saturated carbocycles. The Morgan fingerprint density at radius 3 is 2.14 bits per heavy atom. The zero-order valence-corrected chi connectivity index (χ0v) is 5.07. The molecule has 0 rings (SSSR count). The SMILES string of the molecule is C=C[C@H](C)C(=C)C. The van der Waals surface area contributed by atoms with E-state index in [0.29, 0.717) is 5.92 Å². The van der Waals surface area contributed by atoms with Crippen molar-refractivity contribution in [2.75, 3.05) is 0 Å². The lowest BCUT2D eigenvalue weighted by atomic mass is 10.1. The van der Waals surface area contributed by atoms with Crippen LogP contribution in [0.25, 0.3) is 0 Å². The van der Waals surface area contributed by atoms with Gasteiger partial charge in [-0.25, -0.2) is 0 Å². The highest BCUT2D eigenvalue weighted by Crippen LogP contribution is 2.05. The number of hydrogen-bond acceptors (Lipinski definition) is 0. The minimum absolute atomic E-state index is 0.472. The first kappa shape index (κ1) is 6.48. The van der Waals surface area contributed by atoms with Crippen molar-refractivity contribution in [3.63, 3.8) is 0 Å². The van der Waals surface area contributed by atoms with Crippen molar-refractivity contribution in [2.45, 2.75) is 13.8 Å². The largest absolute Gasteiger partial charge is 0.102 e. The first-order valence-corrected chi connectivity index (χ1v) is 2.46. The summed E-state index contributed by atoms with van der Waals surface area (Å²) in [6, 6.07) is 0. The van der Waals surface area contributed by atoms with E-state index in [-0.39, 0.29) is 0 Å². The van der Waals surface area contributed by atoms with Gasteiger partial charge >= 0.3 is 0 Å². The maximum absolute atomic E-state index is 3.75. The van der Waals surface area contributed by atoms with Crippen LogP contribution in [-0.2, 0) is 0 Å². The topological polar surface area (TPSA) is 0 Å². The van der Waals surface area contributed by atoms with Crippen molar-refractivity contribution >= 4 is 0 Å². The van der Waals surface area contributed by atoms with Gasteiger partial charge in [-0.1, -0.05) is 25.2 Å². The van der Waals surface area contributed by atoms with Crippen LogP contribution in [0.5, 0.6) is 0 Å². The molecule has 0 fully saturated rings. The summed E-state index contributed by atoms with van der Waals surface area (Å²) < 4.78 is 0. The second kappa shape index (κ2) is 2.62. The molecule has 0 aliphatic rings. The van der Waals surface area contributed by atoms with Gasteiger partial charge in [-0.05, 0) is 12.8 Å². The molecule has 0 nitrogen and oxygen atoms in total. The van der Waals surface area contributed by atoms with Crippen LogP contribution in [0.1, 0.15) is 13.8 Å². The predicted octanol–water partition coefficient (Wildman–Crippen LogP) is 2.38. The fraction of sp³-hybridized carbons (Fsp3) is 0.429. The monoisotopic (exact) mass is 96.1 g/mol. The van der Waals surface area contributed by atoms with E-state index in [1.807, 2.05) is 13.0 Å². The van der Waals surface area contributed by atoms with Crippen LogP contribution in [0.3, 0.4) is 0 Å². The Balaban J connectivity index is 3.55. The second-order valence-corrected chi connectivity index (χ2v) is 1.87. The highest BCUT2D eigenvalue weighted by Gasteiger charge is 1.91. The average molecular weight is 96.2 g/mol. The molecule has 0 unspecified atom stereocenters. The van der Waals surface area contributed by atoms with Crippen molar-refractivity contribution in [3.05, 3.63) is 24.8 Å². The normalized spacial score (nSPS) is 12.9. The second-order valence-electron chi connectivity index (χ2n) is 1.87. The zero-order valence-electron chi connectivity index (χ0n) is 5.07. The molecule has 0 N–H and O–H groups in total. The van der Waals surface area contributed by atoms with Crippen LogP contribution in [-0.4, -0.2) is 0 Å². The zero-order chi connectivity index (χ0) is 5.86.